The van der Waals surface area contributed by atoms with E-state index in [4.69, 9.17) is 12.2 Å². The zero-order chi connectivity index (χ0) is 17.7. The molecule has 0 aliphatic heterocycles. The Morgan fingerprint density at radius 2 is 1.58 bits per heavy atom. The Kier molecular flexibility index (Phi) is 5.49. The van der Waals surface area contributed by atoms with Gasteiger partial charge in [0.2, 0.25) is 0 Å². The van der Waals surface area contributed by atoms with Crippen LogP contribution in [0.5, 0.6) is 0 Å². The van der Waals surface area contributed by atoms with E-state index in [0.717, 1.165) is 18.1 Å². The molecule has 0 N–H and O–H groups in total. The monoisotopic (exact) mass is 342 g/mol. The molecule has 24 heavy (non-hydrogen) atoms. The average molecular weight is 342 g/mol. The van der Waals surface area contributed by atoms with Crippen LogP contribution in [0.1, 0.15) is 23.6 Å². The van der Waals surface area contributed by atoms with Crippen LogP contribution in [0, 0.1) is 20.2 Å². The highest BCUT2D eigenvalue weighted by Gasteiger charge is 2.15. The van der Waals surface area contributed by atoms with Gasteiger partial charge in [-0.15, -0.1) is 0 Å². The fraction of sp³-hybridized carbons (Fsp3) is 0.118. The second-order valence-corrected chi connectivity index (χ2v) is 5.48. The van der Waals surface area contributed by atoms with Gasteiger partial charge < -0.3 is 0 Å². The third kappa shape index (κ3) is 4.30. The van der Waals surface area contributed by atoms with Gasteiger partial charge in [-0.05, 0) is 29.2 Å². The number of aryl methyl sites for hydroxylation is 1. The van der Waals surface area contributed by atoms with E-state index < -0.39 is 9.85 Å². The van der Waals surface area contributed by atoms with Gasteiger partial charge in [0.15, 0.2) is 0 Å². The van der Waals surface area contributed by atoms with Crippen molar-refractivity contribution in [1.82, 2.24) is 0 Å². The number of nitro groups is 2. The van der Waals surface area contributed by atoms with Crippen LogP contribution in [0.3, 0.4) is 0 Å². The summed E-state index contributed by atoms with van der Waals surface area (Å²) in [7, 11) is 0. The lowest BCUT2D eigenvalue weighted by molar-refractivity contribution is -0.394. The highest BCUT2D eigenvalue weighted by atomic mass is 32.1. The Labute approximate surface area is 143 Å². The minimum absolute atomic E-state index is 0.331. The van der Waals surface area contributed by atoms with Crippen molar-refractivity contribution in [3.63, 3.8) is 0 Å². The first kappa shape index (κ1) is 17.4. The Bertz CT molecular complexity index is 797. The molecule has 7 heteroatoms. The summed E-state index contributed by atoms with van der Waals surface area (Å²) < 4.78 is 0. The van der Waals surface area contributed by atoms with Crippen molar-refractivity contribution in [3.8, 4) is 0 Å². The topological polar surface area (TPSA) is 86.3 Å². The Hall–Kier alpha value is -2.93. The molecule has 0 saturated carbocycles. The van der Waals surface area contributed by atoms with Gasteiger partial charge in [0.05, 0.1) is 15.9 Å². The van der Waals surface area contributed by atoms with Crippen molar-refractivity contribution < 1.29 is 9.85 Å². The SMILES string of the molecule is CCc1ccc(C(=S)C=Cc2cc([N+](=O)[O-])cc([N+](=O)[O-])c2)cc1. The fourth-order valence-electron chi connectivity index (χ4n) is 2.10. The molecule has 0 atom stereocenters. The second-order valence-electron chi connectivity index (χ2n) is 5.05. The van der Waals surface area contributed by atoms with Crippen LogP contribution in [0.15, 0.2) is 48.5 Å². The van der Waals surface area contributed by atoms with E-state index in [0.29, 0.717) is 10.4 Å². The largest absolute Gasteiger partial charge is 0.276 e. The normalized spacial score (nSPS) is 10.7. The van der Waals surface area contributed by atoms with Gasteiger partial charge >= 0.3 is 0 Å². The van der Waals surface area contributed by atoms with Crippen molar-refractivity contribution in [2.75, 3.05) is 0 Å². The summed E-state index contributed by atoms with van der Waals surface area (Å²) in [5.41, 5.74) is 1.73. The van der Waals surface area contributed by atoms with Gasteiger partial charge in [-0.1, -0.05) is 49.5 Å². The number of rotatable bonds is 6. The van der Waals surface area contributed by atoms with E-state index >= 15 is 0 Å². The number of thiocarbonyl (C=S) groups is 1. The summed E-state index contributed by atoms with van der Waals surface area (Å²) in [4.78, 5) is 21.0. The molecule has 0 aliphatic rings. The van der Waals surface area contributed by atoms with Crippen molar-refractivity contribution in [1.29, 1.82) is 0 Å². The lowest BCUT2D eigenvalue weighted by Gasteiger charge is -2.01. The van der Waals surface area contributed by atoms with Crippen LogP contribution >= 0.6 is 12.2 Å². The summed E-state index contributed by atoms with van der Waals surface area (Å²) in [5, 5.41) is 21.8. The van der Waals surface area contributed by atoms with Crippen molar-refractivity contribution >= 4 is 34.5 Å². The third-order valence-electron chi connectivity index (χ3n) is 3.42. The van der Waals surface area contributed by atoms with E-state index in [2.05, 4.69) is 6.92 Å². The zero-order valence-corrected chi connectivity index (χ0v) is 13.7. The summed E-state index contributed by atoms with van der Waals surface area (Å²) in [6, 6.07) is 11.2. The maximum absolute atomic E-state index is 10.9. The van der Waals surface area contributed by atoms with Gasteiger partial charge in [-0.3, -0.25) is 20.2 Å². The van der Waals surface area contributed by atoms with Crippen LogP contribution < -0.4 is 0 Å². The number of benzene rings is 2. The standard InChI is InChI=1S/C17H14N2O4S/c1-2-12-3-6-14(7-4-12)17(24)8-5-13-9-15(18(20)21)11-16(10-13)19(22)23/h3-11H,2H2,1H3. The lowest BCUT2D eigenvalue weighted by atomic mass is 10.1. The summed E-state index contributed by atoms with van der Waals surface area (Å²) in [6.45, 7) is 2.06. The molecule has 0 saturated heterocycles. The molecule has 0 heterocycles. The lowest BCUT2D eigenvalue weighted by Crippen LogP contribution is -1.95. The molecule has 0 amide bonds. The maximum Gasteiger partial charge on any atom is 0.276 e. The molecular formula is C17H14N2O4S. The van der Waals surface area contributed by atoms with Gasteiger partial charge in [0, 0.05) is 17.0 Å². The van der Waals surface area contributed by atoms with E-state index in [9.17, 15) is 20.2 Å². The Balaban J connectivity index is 2.28. The van der Waals surface area contributed by atoms with Crippen LogP contribution in [0.25, 0.3) is 6.08 Å². The first-order chi connectivity index (χ1) is 11.4. The van der Waals surface area contributed by atoms with Crippen molar-refractivity contribution in [2.45, 2.75) is 13.3 Å². The smallest absolute Gasteiger partial charge is 0.258 e. The molecule has 2 aromatic rings. The molecule has 0 fully saturated rings. The number of nitro benzene ring substituents is 2. The van der Waals surface area contributed by atoms with E-state index in [1.165, 1.54) is 23.8 Å². The molecule has 0 aromatic heterocycles. The van der Waals surface area contributed by atoms with E-state index in [1.54, 1.807) is 6.08 Å². The first-order valence-electron chi connectivity index (χ1n) is 7.16. The molecule has 2 aromatic carbocycles. The molecule has 0 radical (unpaired) electrons. The van der Waals surface area contributed by atoms with Crippen LogP contribution in [-0.2, 0) is 6.42 Å². The fourth-order valence-corrected chi connectivity index (χ4v) is 2.30. The Morgan fingerprint density at radius 1 is 1.04 bits per heavy atom. The molecule has 0 bridgehead atoms. The minimum Gasteiger partial charge on any atom is -0.258 e. The molecule has 0 aliphatic carbocycles. The summed E-state index contributed by atoms with van der Waals surface area (Å²) in [5.74, 6) is 0. The van der Waals surface area contributed by atoms with Crippen LogP contribution in [0.4, 0.5) is 11.4 Å². The summed E-state index contributed by atoms with van der Waals surface area (Å²) >= 11 is 5.31. The highest BCUT2D eigenvalue weighted by Crippen LogP contribution is 2.23. The molecular weight excluding hydrogens is 328 g/mol. The van der Waals surface area contributed by atoms with Crippen molar-refractivity contribution in [2.24, 2.45) is 0 Å². The van der Waals surface area contributed by atoms with E-state index in [1.807, 2.05) is 24.3 Å². The number of allylic oxidation sites excluding steroid dienone is 1. The molecule has 0 unspecified atom stereocenters. The molecule has 2 rings (SSSR count). The van der Waals surface area contributed by atoms with Crippen LogP contribution in [-0.4, -0.2) is 14.7 Å². The summed E-state index contributed by atoms with van der Waals surface area (Å²) in [6.07, 6.45) is 4.08. The zero-order valence-electron chi connectivity index (χ0n) is 12.8. The number of hydrogen-bond acceptors (Lipinski definition) is 5. The van der Waals surface area contributed by atoms with Crippen LogP contribution in [0.2, 0.25) is 0 Å². The number of nitrogens with zero attached hydrogens (tertiary/aromatic N) is 2. The molecule has 6 nitrogen and oxygen atoms in total. The maximum atomic E-state index is 10.9. The molecule has 122 valence electrons. The second kappa shape index (κ2) is 7.56. The van der Waals surface area contributed by atoms with Gasteiger partial charge in [0.25, 0.3) is 11.4 Å². The quantitative estimate of drug-likeness (QED) is 0.254. The van der Waals surface area contributed by atoms with Gasteiger partial charge in [0.1, 0.15) is 0 Å². The van der Waals surface area contributed by atoms with E-state index in [-0.39, 0.29) is 11.4 Å². The first-order valence-corrected chi connectivity index (χ1v) is 7.56. The Morgan fingerprint density at radius 3 is 2.04 bits per heavy atom. The van der Waals surface area contributed by atoms with Crippen molar-refractivity contribution in [3.05, 3.63) is 85.5 Å². The average Bonchev–Trinajstić information content (AvgIpc) is 2.59. The van der Waals surface area contributed by atoms with Gasteiger partial charge in [-0.2, -0.15) is 0 Å². The minimum atomic E-state index is -0.661. The predicted octanol–water partition coefficient (Wildman–Crippen LogP) is 4.50. The highest BCUT2D eigenvalue weighted by molar-refractivity contribution is 7.81. The number of non-ortho nitro benzene ring substituents is 2. The number of hydrogen-bond donors (Lipinski definition) is 0. The molecule has 0 spiro atoms. The third-order valence-corrected chi connectivity index (χ3v) is 3.79. The predicted molar refractivity (Wildman–Crippen MR) is 96.3 cm³/mol. The van der Waals surface area contributed by atoms with Gasteiger partial charge in [-0.25, -0.2) is 0 Å².